The quantitative estimate of drug-likeness (QED) is 0.578. The zero-order valence-corrected chi connectivity index (χ0v) is 16.8. The number of carbonyl (C=O) groups excluding carboxylic acids is 1. The Morgan fingerprint density at radius 3 is 2.97 bits per heavy atom. The van der Waals surface area contributed by atoms with Crippen LogP contribution in [-0.2, 0) is 0 Å². The molecule has 1 amide bonds. The first kappa shape index (κ1) is 18.9. The molecule has 146 valence electrons. The van der Waals surface area contributed by atoms with E-state index in [2.05, 4.69) is 43.3 Å². The lowest BCUT2D eigenvalue weighted by Crippen LogP contribution is -2.24. The van der Waals surface area contributed by atoms with E-state index in [4.69, 9.17) is 14.2 Å². The van der Waals surface area contributed by atoms with E-state index in [0.29, 0.717) is 22.9 Å². The molecular formula is C21H16BrN3O4. The van der Waals surface area contributed by atoms with Gasteiger partial charge in [-0.25, -0.2) is 0 Å². The Kier molecular flexibility index (Phi) is 5.68. The maximum Gasteiger partial charge on any atom is 0.270 e. The Morgan fingerprint density at radius 2 is 2.07 bits per heavy atom. The van der Waals surface area contributed by atoms with E-state index in [1.165, 1.54) is 0 Å². The number of amides is 1. The summed E-state index contributed by atoms with van der Waals surface area (Å²) in [6.45, 7) is 0.658. The molecule has 0 unspecified atom stereocenters. The molecule has 0 spiro atoms. The third-order valence-electron chi connectivity index (χ3n) is 4.06. The molecule has 0 saturated carbocycles. The summed E-state index contributed by atoms with van der Waals surface area (Å²) in [6.07, 6.45) is 0. The molecule has 1 aliphatic rings. The van der Waals surface area contributed by atoms with Crippen molar-refractivity contribution in [2.75, 3.05) is 19.9 Å². The van der Waals surface area contributed by atoms with Crippen molar-refractivity contribution < 1.29 is 19.0 Å². The van der Waals surface area contributed by atoms with E-state index >= 15 is 0 Å². The van der Waals surface area contributed by atoms with Crippen molar-refractivity contribution in [3.8, 4) is 40.3 Å². The second-order valence-electron chi connectivity index (χ2n) is 6.02. The summed E-state index contributed by atoms with van der Waals surface area (Å²) in [5.41, 5.74) is 1.82. The van der Waals surface area contributed by atoms with Crippen LogP contribution in [0.3, 0.4) is 0 Å². The van der Waals surface area contributed by atoms with E-state index < -0.39 is 0 Å². The number of nitrogens with zero attached hydrogens (tertiary/aromatic N) is 1. The van der Waals surface area contributed by atoms with Gasteiger partial charge >= 0.3 is 0 Å². The predicted molar refractivity (Wildman–Crippen MR) is 110 cm³/mol. The molecule has 0 atom stereocenters. The standard InChI is InChI=1S/C21H16BrN3O4/c22-15-4-3-5-16(11-15)27-9-2-1-8-23-21(26)18-12-17(24-25-18)14-6-7-19-20(10-14)29-13-28-19/h3-7,10-12H,8-9,13H2,(H,23,26)(H,24,25). The number of benzene rings is 2. The van der Waals surface area contributed by atoms with Crippen molar-refractivity contribution in [2.24, 2.45) is 0 Å². The number of H-pyrrole nitrogens is 1. The molecule has 3 aromatic rings. The van der Waals surface area contributed by atoms with Crippen molar-refractivity contribution in [1.29, 1.82) is 0 Å². The van der Waals surface area contributed by atoms with E-state index in [1.54, 1.807) is 6.07 Å². The molecular weight excluding hydrogens is 438 g/mol. The molecule has 0 radical (unpaired) electrons. The highest BCUT2D eigenvalue weighted by atomic mass is 79.9. The monoisotopic (exact) mass is 453 g/mol. The minimum atomic E-state index is -0.285. The van der Waals surface area contributed by atoms with Gasteiger partial charge in [-0.05, 0) is 42.5 Å². The molecule has 0 saturated heterocycles. The van der Waals surface area contributed by atoms with Gasteiger partial charge in [0.05, 0.1) is 12.2 Å². The molecule has 29 heavy (non-hydrogen) atoms. The van der Waals surface area contributed by atoms with Crippen LogP contribution in [0.15, 0.2) is 53.0 Å². The van der Waals surface area contributed by atoms with Crippen LogP contribution < -0.4 is 19.5 Å². The molecule has 0 fully saturated rings. The zero-order valence-electron chi connectivity index (χ0n) is 15.2. The minimum absolute atomic E-state index is 0.207. The Balaban J connectivity index is 1.28. The van der Waals surface area contributed by atoms with Crippen molar-refractivity contribution in [1.82, 2.24) is 15.5 Å². The molecule has 8 heteroatoms. The van der Waals surface area contributed by atoms with Crippen molar-refractivity contribution in [3.63, 3.8) is 0 Å². The third-order valence-corrected chi connectivity index (χ3v) is 4.55. The van der Waals surface area contributed by atoms with Crippen LogP contribution in [0, 0.1) is 11.8 Å². The fourth-order valence-corrected chi connectivity index (χ4v) is 3.03. The van der Waals surface area contributed by atoms with E-state index in [0.717, 1.165) is 15.8 Å². The number of nitrogens with one attached hydrogen (secondary N) is 2. The van der Waals surface area contributed by atoms with Crippen LogP contribution in [0.4, 0.5) is 0 Å². The van der Waals surface area contributed by atoms with Crippen LogP contribution in [0.1, 0.15) is 10.5 Å². The number of ether oxygens (including phenoxy) is 3. The average molecular weight is 454 g/mol. The highest BCUT2D eigenvalue weighted by molar-refractivity contribution is 9.10. The normalized spacial score (nSPS) is 11.5. The lowest BCUT2D eigenvalue weighted by molar-refractivity contribution is 0.0953. The van der Waals surface area contributed by atoms with Crippen LogP contribution in [0.25, 0.3) is 11.3 Å². The SMILES string of the molecule is O=C(NCC#CCOc1cccc(Br)c1)c1cc(-c2ccc3c(c2)OCO3)n[nH]1. The molecule has 2 heterocycles. The maximum atomic E-state index is 12.2. The number of aromatic amines is 1. The van der Waals surface area contributed by atoms with Crippen LogP contribution in [-0.4, -0.2) is 36.0 Å². The number of hydrogen-bond donors (Lipinski definition) is 2. The molecule has 4 rings (SSSR count). The number of halogens is 1. The van der Waals surface area contributed by atoms with Gasteiger partial charge in [-0.15, -0.1) is 0 Å². The fraction of sp³-hybridized carbons (Fsp3) is 0.143. The summed E-state index contributed by atoms with van der Waals surface area (Å²) in [5, 5.41) is 9.65. The summed E-state index contributed by atoms with van der Waals surface area (Å²) in [7, 11) is 0. The van der Waals surface area contributed by atoms with Gasteiger partial charge in [0.2, 0.25) is 6.79 Å². The number of aromatic nitrogens is 2. The van der Waals surface area contributed by atoms with Gasteiger partial charge < -0.3 is 19.5 Å². The predicted octanol–water partition coefficient (Wildman–Crippen LogP) is 3.38. The largest absolute Gasteiger partial charge is 0.481 e. The molecule has 0 aliphatic carbocycles. The second-order valence-corrected chi connectivity index (χ2v) is 6.93. The summed E-state index contributed by atoms with van der Waals surface area (Å²) in [4.78, 5) is 12.2. The van der Waals surface area contributed by atoms with Crippen LogP contribution in [0.5, 0.6) is 17.2 Å². The average Bonchev–Trinajstić information content (AvgIpc) is 3.39. The number of rotatable bonds is 5. The van der Waals surface area contributed by atoms with Gasteiger partial charge in [0.1, 0.15) is 18.1 Å². The summed E-state index contributed by atoms with van der Waals surface area (Å²) in [6, 6.07) is 14.7. The van der Waals surface area contributed by atoms with Crippen molar-refractivity contribution >= 4 is 21.8 Å². The Bertz CT molecular complexity index is 1100. The van der Waals surface area contributed by atoms with Crippen LogP contribution >= 0.6 is 15.9 Å². The van der Waals surface area contributed by atoms with Crippen molar-refractivity contribution in [2.45, 2.75) is 0 Å². The highest BCUT2D eigenvalue weighted by Crippen LogP contribution is 2.35. The summed E-state index contributed by atoms with van der Waals surface area (Å²) < 4.78 is 17.1. The molecule has 0 bridgehead atoms. The topological polar surface area (TPSA) is 85.5 Å². The third kappa shape index (κ3) is 4.70. The van der Waals surface area contributed by atoms with Gasteiger partial charge in [0, 0.05) is 10.0 Å². The lowest BCUT2D eigenvalue weighted by atomic mass is 10.1. The van der Waals surface area contributed by atoms with Crippen LogP contribution in [0.2, 0.25) is 0 Å². The number of carbonyl (C=O) groups is 1. The van der Waals surface area contributed by atoms with Gasteiger partial charge in [0.25, 0.3) is 5.91 Å². The Hall–Kier alpha value is -3.44. The highest BCUT2D eigenvalue weighted by Gasteiger charge is 2.16. The van der Waals surface area contributed by atoms with E-state index in [9.17, 15) is 4.79 Å². The molecule has 1 aliphatic heterocycles. The maximum absolute atomic E-state index is 12.2. The Morgan fingerprint density at radius 1 is 1.17 bits per heavy atom. The summed E-state index contributed by atoms with van der Waals surface area (Å²) in [5.74, 6) is 7.52. The molecule has 7 nitrogen and oxygen atoms in total. The number of fused-ring (bicyclic) bond motifs is 1. The first-order valence-electron chi connectivity index (χ1n) is 8.77. The fourth-order valence-electron chi connectivity index (χ4n) is 2.65. The molecule has 1 aromatic heterocycles. The first-order valence-corrected chi connectivity index (χ1v) is 9.56. The minimum Gasteiger partial charge on any atom is -0.481 e. The Labute approximate surface area is 175 Å². The number of hydrogen-bond acceptors (Lipinski definition) is 5. The van der Waals surface area contributed by atoms with E-state index in [1.807, 2.05) is 42.5 Å². The molecule has 2 N–H and O–H groups in total. The van der Waals surface area contributed by atoms with Gasteiger partial charge in [-0.2, -0.15) is 5.10 Å². The summed E-state index contributed by atoms with van der Waals surface area (Å²) >= 11 is 3.38. The van der Waals surface area contributed by atoms with Gasteiger partial charge in [-0.1, -0.05) is 33.8 Å². The first-order chi connectivity index (χ1) is 14.2. The van der Waals surface area contributed by atoms with Gasteiger partial charge in [0.15, 0.2) is 11.5 Å². The smallest absolute Gasteiger partial charge is 0.270 e. The zero-order chi connectivity index (χ0) is 20.1. The lowest BCUT2D eigenvalue weighted by Gasteiger charge is -2.01. The second kappa shape index (κ2) is 8.71. The van der Waals surface area contributed by atoms with Gasteiger partial charge in [-0.3, -0.25) is 9.89 Å². The van der Waals surface area contributed by atoms with E-state index in [-0.39, 0.29) is 25.9 Å². The molecule has 2 aromatic carbocycles. The van der Waals surface area contributed by atoms with Crippen molar-refractivity contribution in [3.05, 3.63) is 58.7 Å².